The summed E-state index contributed by atoms with van der Waals surface area (Å²) in [4.78, 5) is 14.7. The molecule has 0 aliphatic heterocycles. The van der Waals surface area contributed by atoms with Crippen LogP contribution in [-0.4, -0.2) is 23.1 Å². The van der Waals surface area contributed by atoms with Crippen LogP contribution in [0.2, 0.25) is 0 Å². The normalized spacial score (nSPS) is 14.1. The number of pyridine rings is 1. The van der Waals surface area contributed by atoms with Gasteiger partial charge in [0.1, 0.15) is 11.5 Å². The molecule has 0 saturated heterocycles. The van der Waals surface area contributed by atoms with Crippen LogP contribution < -0.4 is 14.2 Å². The van der Waals surface area contributed by atoms with E-state index in [1.165, 1.54) is 25.0 Å². The Morgan fingerprint density at radius 3 is 2.13 bits per heavy atom. The molecule has 38 heavy (non-hydrogen) atoms. The number of methoxy groups -OCH3 is 1. The van der Waals surface area contributed by atoms with E-state index in [1.54, 1.807) is 19.2 Å². The maximum absolute atomic E-state index is 10.9. The predicted molar refractivity (Wildman–Crippen MR) is 145 cm³/mol. The summed E-state index contributed by atoms with van der Waals surface area (Å²) in [5.41, 5.74) is 3.49. The predicted octanol–water partition coefficient (Wildman–Crippen LogP) is 7.49. The van der Waals surface area contributed by atoms with Gasteiger partial charge in [-0.05, 0) is 97.3 Å². The molecule has 1 aliphatic carbocycles. The van der Waals surface area contributed by atoms with Crippen LogP contribution in [0.3, 0.4) is 0 Å². The van der Waals surface area contributed by atoms with Gasteiger partial charge in [-0.2, -0.15) is 0 Å². The number of benzene rings is 3. The standard InChI is InChI=1S/C31H30N2O5/c1-36-30-15-6-22(21-31(30)38-26-4-2-3-5-26)20-29(24-16-18-32-19-17-24)23-7-11-27(12-8-23)37-28-13-9-25(10-14-28)33(34)35/h6-19,21,26,29H,2-5,20H2,1H3. The SMILES string of the molecule is COc1ccc(CC(c2ccncc2)c2ccc(Oc3ccc([N+](=O)[O-])cc3)cc2)cc1OC1CCCC1. The second-order valence-corrected chi connectivity index (χ2v) is 9.47. The maximum Gasteiger partial charge on any atom is 0.269 e. The number of ether oxygens (including phenoxy) is 3. The summed E-state index contributed by atoms with van der Waals surface area (Å²) in [6.07, 6.45) is 9.24. The van der Waals surface area contributed by atoms with E-state index in [0.717, 1.165) is 47.5 Å². The zero-order valence-corrected chi connectivity index (χ0v) is 21.3. The van der Waals surface area contributed by atoms with Crippen molar-refractivity contribution in [2.45, 2.75) is 44.1 Å². The van der Waals surface area contributed by atoms with E-state index < -0.39 is 4.92 Å². The van der Waals surface area contributed by atoms with Crippen LogP contribution in [0.4, 0.5) is 5.69 Å². The fourth-order valence-corrected chi connectivity index (χ4v) is 4.93. The number of hydrogen-bond acceptors (Lipinski definition) is 6. The van der Waals surface area contributed by atoms with E-state index >= 15 is 0 Å². The van der Waals surface area contributed by atoms with Crippen LogP contribution in [0.1, 0.15) is 48.3 Å². The molecule has 0 N–H and O–H groups in total. The first-order chi connectivity index (χ1) is 18.6. The van der Waals surface area contributed by atoms with E-state index in [0.29, 0.717) is 11.5 Å². The molecular formula is C31H30N2O5. The zero-order valence-electron chi connectivity index (χ0n) is 21.3. The van der Waals surface area contributed by atoms with E-state index in [-0.39, 0.29) is 17.7 Å². The summed E-state index contributed by atoms with van der Waals surface area (Å²) in [6.45, 7) is 0. The van der Waals surface area contributed by atoms with E-state index in [9.17, 15) is 10.1 Å². The highest BCUT2D eigenvalue weighted by molar-refractivity contribution is 5.45. The first-order valence-electron chi connectivity index (χ1n) is 12.8. The smallest absolute Gasteiger partial charge is 0.269 e. The van der Waals surface area contributed by atoms with Crippen molar-refractivity contribution in [1.82, 2.24) is 4.98 Å². The average molecular weight is 511 g/mol. The lowest BCUT2D eigenvalue weighted by Gasteiger charge is -2.21. The van der Waals surface area contributed by atoms with Crippen LogP contribution in [0.25, 0.3) is 0 Å². The average Bonchev–Trinajstić information content (AvgIpc) is 3.46. The molecule has 1 unspecified atom stereocenters. The number of rotatable bonds is 10. The lowest BCUT2D eigenvalue weighted by atomic mass is 9.86. The van der Waals surface area contributed by atoms with Crippen molar-refractivity contribution in [2.24, 2.45) is 0 Å². The monoisotopic (exact) mass is 510 g/mol. The molecule has 1 atom stereocenters. The third-order valence-electron chi connectivity index (χ3n) is 6.94. The van der Waals surface area contributed by atoms with Crippen molar-refractivity contribution < 1.29 is 19.1 Å². The Morgan fingerprint density at radius 1 is 0.868 bits per heavy atom. The van der Waals surface area contributed by atoms with Gasteiger partial charge in [-0.3, -0.25) is 15.1 Å². The molecule has 4 aromatic rings. The highest BCUT2D eigenvalue weighted by Crippen LogP contribution is 2.36. The summed E-state index contributed by atoms with van der Waals surface area (Å²) >= 11 is 0. The van der Waals surface area contributed by atoms with Crippen molar-refractivity contribution in [2.75, 3.05) is 7.11 Å². The number of nitro benzene ring substituents is 1. The van der Waals surface area contributed by atoms with Gasteiger partial charge in [-0.1, -0.05) is 18.2 Å². The Bertz CT molecular complexity index is 1350. The summed E-state index contributed by atoms with van der Waals surface area (Å²) in [5.74, 6) is 2.86. The van der Waals surface area contributed by atoms with Crippen LogP contribution in [0, 0.1) is 10.1 Å². The summed E-state index contributed by atoms with van der Waals surface area (Å²) in [7, 11) is 1.68. The summed E-state index contributed by atoms with van der Waals surface area (Å²) in [5, 5.41) is 10.9. The quantitative estimate of drug-likeness (QED) is 0.162. The summed E-state index contributed by atoms with van der Waals surface area (Å²) in [6, 6.07) is 24.3. The van der Waals surface area contributed by atoms with Gasteiger partial charge in [0.05, 0.1) is 18.1 Å². The molecule has 0 spiro atoms. The van der Waals surface area contributed by atoms with Crippen molar-refractivity contribution in [3.8, 4) is 23.0 Å². The Kier molecular flexibility index (Phi) is 7.83. The molecule has 0 radical (unpaired) electrons. The maximum atomic E-state index is 10.9. The van der Waals surface area contributed by atoms with Gasteiger partial charge < -0.3 is 14.2 Å². The number of nitro groups is 1. The molecule has 3 aromatic carbocycles. The highest BCUT2D eigenvalue weighted by Gasteiger charge is 2.20. The zero-order chi connectivity index (χ0) is 26.3. The molecule has 1 fully saturated rings. The van der Waals surface area contributed by atoms with Gasteiger partial charge in [0.25, 0.3) is 5.69 Å². The molecular weight excluding hydrogens is 480 g/mol. The fourth-order valence-electron chi connectivity index (χ4n) is 4.93. The molecule has 1 aliphatic rings. The van der Waals surface area contributed by atoms with Crippen LogP contribution >= 0.6 is 0 Å². The first-order valence-corrected chi connectivity index (χ1v) is 12.8. The topological polar surface area (TPSA) is 83.7 Å². The molecule has 7 nitrogen and oxygen atoms in total. The van der Waals surface area contributed by atoms with Gasteiger partial charge in [0.2, 0.25) is 0 Å². The minimum atomic E-state index is -0.426. The Hall–Kier alpha value is -4.39. The Labute approximate surface area is 222 Å². The number of nitrogens with zero attached hydrogens (tertiary/aromatic N) is 2. The third-order valence-corrected chi connectivity index (χ3v) is 6.94. The van der Waals surface area contributed by atoms with Crippen LogP contribution in [0.5, 0.6) is 23.0 Å². The molecule has 194 valence electrons. The van der Waals surface area contributed by atoms with Gasteiger partial charge in [-0.15, -0.1) is 0 Å². The number of hydrogen-bond donors (Lipinski definition) is 0. The largest absolute Gasteiger partial charge is 0.493 e. The number of non-ortho nitro benzene ring substituents is 1. The lowest BCUT2D eigenvalue weighted by Crippen LogP contribution is -2.12. The van der Waals surface area contributed by atoms with Crippen molar-refractivity contribution in [3.63, 3.8) is 0 Å². The minimum absolute atomic E-state index is 0.0308. The molecule has 0 bridgehead atoms. The van der Waals surface area contributed by atoms with Gasteiger partial charge in [0, 0.05) is 30.4 Å². The molecule has 1 aromatic heterocycles. The van der Waals surface area contributed by atoms with E-state index in [4.69, 9.17) is 14.2 Å². The van der Waals surface area contributed by atoms with Gasteiger partial charge >= 0.3 is 0 Å². The molecule has 7 heteroatoms. The van der Waals surface area contributed by atoms with Gasteiger partial charge in [0.15, 0.2) is 11.5 Å². The van der Waals surface area contributed by atoms with Crippen molar-refractivity contribution in [1.29, 1.82) is 0 Å². The van der Waals surface area contributed by atoms with E-state index in [1.807, 2.05) is 42.7 Å². The molecule has 1 heterocycles. The number of aromatic nitrogens is 1. The second kappa shape index (κ2) is 11.8. The van der Waals surface area contributed by atoms with Gasteiger partial charge in [-0.25, -0.2) is 0 Å². The van der Waals surface area contributed by atoms with Crippen LogP contribution in [0.15, 0.2) is 91.3 Å². The first kappa shape index (κ1) is 25.3. The highest BCUT2D eigenvalue weighted by atomic mass is 16.6. The third kappa shape index (κ3) is 6.11. The van der Waals surface area contributed by atoms with E-state index in [2.05, 4.69) is 29.2 Å². The molecule has 1 saturated carbocycles. The lowest BCUT2D eigenvalue weighted by molar-refractivity contribution is -0.384. The van der Waals surface area contributed by atoms with Crippen molar-refractivity contribution in [3.05, 3.63) is 118 Å². The summed E-state index contributed by atoms with van der Waals surface area (Å²) < 4.78 is 17.8. The fraction of sp³-hybridized carbons (Fsp3) is 0.258. The Morgan fingerprint density at radius 2 is 1.50 bits per heavy atom. The van der Waals surface area contributed by atoms with Crippen LogP contribution in [-0.2, 0) is 6.42 Å². The Balaban J connectivity index is 1.37. The molecule has 0 amide bonds. The molecule has 5 rings (SSSR count). The van der Waals surface area contributed by atoms with Crippen molar-refractivity contribution >= 4 is 5.69 Å². The minimum Gasteiger partial charge on any atom is -0.493 e. The second-order valence-electron chi connectivity index (χ2n) is 9.47.